The van der Waals surface area contributed by atoms with Crippen molar-refractivity contribution in [2.75, 3.05) is 41.4 Å². The van der Waals surface area contributed by atoms with E-state index in [4.69, 9.17) is 13.9 Å². The second-order valence-electron chi connectivity index (χ2n) is 6.21. The molecule has 0 unspecified atom stereocenters. The molecule has 1 atom stereocenters. The Morgan fingerprint density at radius 3 is 2.54 bits per heavy atom. The summed E-state index contributed by atoms with van der Waals surface area (Å²) in [6.07, 6.45) is 1.71. The molecule has 1 aromatic carbocycles. The van der Waals surface area contributed by atoms with Crippen LogP contribution >= 0.6 is 0 Å². The van der Waals surface area contributed by atoms with Crippen molar-refractivity contribution in [2.45, 2.75) is 19.5 Å². The van der Waals surface area contributed by atoms with Gasteiger partial charge in [-0.3, -0.25) is 4.90 Å². The zero-order valence-electron chi connectivity index (χ0n) is 15.3. The first-order valence-corrected chi connectivity index (χ1v) is 8.20. The van der Waals surface area contributed by atoms with Crippen LogP contribution in [0, 0.1) is 0 Å². The molecule has 0 spiro atoms. The fourth-order valence-electron chi connectivity index (χ4n) is 2.49. The minimum absolute atomic E-state index is 0.181. The first kappa shape index (κ1) is 18.4. The van der Waals surface area contributed by atoms with Crippen LogP contribution in [0.1, 0.15) is 24.3 Å². The summed E-state index contributed by atoms with van der Waals surface area (Å²) in [6.45, 7) is 4.36. The molecule has 24 heavy (non-hydrogen) atoms. The van der Waals surface area contributed by atoms with Gasteiger partial charge in [-0.15, -0.1) is 0 Å². The first-order valence-electron chi connectivity index (χ1n) is 8.20. The van der Waals surface area contributed by atoms with E-state index in [2.05, 4.69) is 29.8 Å². The lowest BCUT2D eigenvalue weighted by atomic mass is 10.1. The van der Waals surface area contributed by atoms with Gasteiger partial charge in [-0.05, 0) is 46.3 Å². The molecule has 0 aliphatic carbocycles. The predicted molar refractivity (Wildman–Crippen MR) is 95.6 cm³/mol. The Hall–Kier alpha value is -1.98. The third-order valence-corrected chi connectivity index (χ3v) is 4.10. The fourth-order valence-corrected chi connectivity index (χ4v) is 2.49. The first-order chi connectivity index (χ1) is 11.5. The van der Waals surface area contributed by atoms with Gasteiger partial charge in [0, 0.05) is 18.7 Å². The van der Waals surface area contributed by atoms with Crippen LogP contribution in [0.2, 0.25) is 0 Å². The van der Waals surface area contributed by atoms with Crippen LogP contribution in [0.5, 0.6) is 11.5 Å². The average Bonchev–Trinajstić information content (AvgIpc) is 3.09. The van der Waals surface area contributed by atoms with Crippen molar-refractivity contribution in [3.8, 4) is 11.5 Å². The monoisotopic (exact) mass is 332 g/mol. The van der Waals surface area contributed by atoms with Crippen molar-refractivity contribution in [2.24, 2.45) is 0 Å². The zero-order valence-corrected chi connectivity index (χ0v) is 15.3. The molecule has 0 aliphatic heterocycles. The second-order valence-corrected chi connectivity index (χ2v) is 6.21. The average molecular weight is 332 g/mol. The fraction of sp³-hybridized carbons (Fsp3) is 0.474. The lowest BCUT2D eigenvalue weighted by Crippen LogP contribution is -2.23. The van der Waals surface area contributed by atoms with E-state index in [0.717, 1.165) is 35.9 Å². The molecule has 1 aromatic heterocycles. The van der Waals surface area contributed by atoms with Crippen LogP contribution in [-0.2, 0) is 6.54 Å². The summed E-state index contributed by atoms with van der Waals surface area (Å²) in [4.78, 5) is 4.33. The Bertz CT molecular complexity index is 611. The predicted octanol–water partition coefficient (Wildman–Crippen LogP) is 3.42. The molecule has 0 saturated carbocycles. The van der Waals surface area contributed by atoms with Gasteiger partial charge in [-0.25, -0.2) is 0 Å². The summed E-state index contributed by atoms with van der Waals surface area (Å²) in [7, 11) is 7.82. The molecule has 0 N–H and O–H groups in total. The molecule has 0 bridgehead atoms. The van der Waals surface area contributed by atoms with Crippen molar-refractivity contribution in [1.82, 2.24) is 9.80 Å². The van der Waals surface area contributed by atoms with E-state index in [9.17, 15) is 0 Å². The van der Waals surface area contributed by atoms with E-state index < -0.39 is 0 Å². The Morgan fingerprint density at radius 1 is 1.12 bits per heavy atom. The summed E-state index contributed by atoms with van der Waals surface area (Å²) in [5.41, 5.74) is 1.11. The molecule has 0 amide bonds. The highest BCUT2D eigenvalue weighted by molar-refractivity contribution is 5.46. The normalized spacial score (nSPS) is 12.6. The molecule has 0 radical (unpaired) electrons. The van der Waals surface area contributed by atoms with Gasteiger partial charge in [0.25, 0.3) is 0 Å². The van der Waals surface area contributed by atoms with Gasteiger partial charge in [0.2, 0.25) is 0 Å². The summed E-state index contributed by atoms with van der Waals surface area (Å²) < 4.78 is 17.0. The van der Waals surface area contributed by atoms with Crippen molar-refractivity contribution in [1.29, 1.82) is 0 Å². The Morgan fingerprint density at radius 2 is 1.92 bits per heavy atom. The van der Waals surface area contributed by atoms with Crippen LogP contribution in [0.15, 0.2) is 41.0 Å². The molecule has 2 aromatic rings. The Balaban J connectivity index is 2.13. The third-order valence-electron chi connectivity index (χ3n) is 4.10. The molecular formula is C19H28N2O3. The summed E-state index contributed by atoms with van der Waals surface area (Å²) in [5.74, 6) is 2.54. The molecule has 0 fully saturated rings. The number of hydrogen-bond donors (Lipinski definition) is 0. The van der Waals surface area contributed by atoms with Gasteiger partial charge in [0.1, 0.15) is 12.4 Å². The van der Waals surface area contributed by atoms with Gasteiger partial charge in [0.15, 0.2) is 11.5 Å². The summed E-state index contributed by atoms with van der Waals surface area (Å²) in [5, 5.41) is 0. The molecule has 5 heteroatoms. The minimum atomic E-state index is 0.181. The number of nitrogens with zero attached hydrogens (tertiary/aromatic N) is 2. The van der Waals surface area contributed by atoms with Gasteiger partial charge in [-0.1, -0.05) is 12.1 Å². The number of benzene rings is 1. The van der Waals surface area contributed by atoms with E-state index in [1.807, 2.05) is 38.4 Å². The van der Waals surface area contributed by atoms with E-state index in [0.29, 0.717) is 6.61 Å². The Kier molecular flexibility index (Phi) is 6.70. The minimum Gasteiger partial charge on any atom is -0.493 e. The van der Waals surface area contributed by atoms with Crippen molar-refractivity contribution >= 4 is 0 Å². The van der Waals surface area contributed by atoms with E-state index in [1.165, 1.54) is 0 Å². The highest BCUT2D eigenvalue weighted by atomic mass is 16.5. The number of ether oxygens (including phenoxy) is 2. The van der Waals surface area contributed by atoms with Crippen molar-refractivity contribution in [3.63, 3.8) is 0 Å². The highest BCUT2D eigenvalue weighted by Crippen LogP contribution is 2.33. The lowest BCUT2D eigenvalue weighted by Gasteiger charge is -2.25. The number of furan rings is 1. The summed E-state index contributed by atoms with van der Waals surface area (Å²) in [6, 6.07) is 10.1. The van der Waals surface area contributed by atoms with Crippen molar-refractivity contribution < 1.29 is 13.9 Å². The molecular weight excluding hydrogens is 304 g/mol. The van der Waals surface area contributed by atoms with Gasteiger partial charge >= 0.3 is 0 Å². The van der Waals surface area contributed by atoms with Crippen molar-refractivity contribution in [3.05, 3.63) is 47.9 Å². The Labute approximate surface area is 144 Å². The number of para-hydroxylation sites is 1. The third kappa shape index (κ3) is 4.76. The standard InChI is InChI=1S/C19H28N2O3/c1-15(17-10-7-12-23-17)21(4)14-16-8-6-9-18(22-5)19(16)24-13-11-20(2)3/h6-10,12,15H,11,13-14H2,1-5H3/t15-/m1/s1. The zero-order chi connectivity index (χ0) is 17.5. The van der Waals surface area contributed by atoms with E-state index in [-0.39, 0.29) is 6.04 Å². The molecule has 132 valence electrons. The van der Waals surface area contributed by atoms with Crippen LogP contribution in [0.3, 0.4) is 0 Å². The smallest absolute Gasteiger partial charge is 0.165 e. The molecule has 0 aliphatic rings. The maximum absolute atomic E-state index is 6.02. The quantitative estimate of drug-likeness (QED) is 0.703. The molecule has 0 saturated heterocycles. The van der Waals surface area contributed by atoms with Gasteiger partial charge in [-0.2, -0.15) is 0 Å². The number of likely N-dealkylation sites (N-methyl/N-ethyl adjacent to an activating group) is 1. The van der Waals surface area contributed by atoms with Gasteiger partial charge in [0.05, 0.1) is 19.4 Å². The second kappa shape index (κ2) is 8.76. The van der Waals surface area contributed by atoms with Crippen LogP contribution in [0.25, 0.3) is 0 Å². The summed E-state index contributed by atoms with van der Waals surface area (Å²) >= 11 is 0. The number of hydrogen-bond acceptors (Lipinski definition) is 5. The number of rotatable bonds is 9. The SMILES string of the molecule is COc1cccc(CN(C)[C@H](C)c2ccco2)c1OCCN(C)C. The molecule has 5 nitrogen and oxygen atoms in total. The van der Waals surface area contributed by atoms with E-state index >= 15 is 0 Å². The topological polar surface area (TPSA) is 38.1 Å². The largest absolute Gasteiger partial charge is 0.493 e. The van der Waals surface area contributed by atoms with Crippen LogP contribution in [0.4, 0.5) is 0 Å². The number of methoxy groups -OCH3 is 1. The molecule has 2 rings (SSSR count). The van der Waals surface area contributed by atoms with Crippen LogP contribution < -0.4 is 9.47 Å². The van der Waals surface area contributed by atoms with Gasteiger partial charge < -0.3 is 18.8 Å². The highest BCUT2D eigenvalue weighted by Gasteiger charge is 2.18. The molecule has 1 heterocycles. The maximum Gasteiger partial charge on any atom is 0.165 e. The lowest BCUT2D eigenvalue weighted by molar-refractivity contribution is 0.212. The maximum atomic E-state index is 6.02. The van der Waals surface area contributed by atoms with E-state index in [1.54, 1.807) is 13.4 Å². The van der Waals surface area contributed by atoms with Crippen LogP contribution in [-0.4, -0.2) is 51.2 Å².